The van der Waals surface area contributed by atoms with Crippen LogP contribution in [0, 0.1) is 0 Å². The zero-order chi connectivity index (χ0) is 18.6. The molecule has 0 spiro atoms. The van der Waals surface area contributed by atoms with E-state index in [-0.39, 0.29) is 21.8 Å². The SMILES string of the molecule is COC(=O)c1cc(OS(=O)(=O)c2ccc(Br)cc2)cc(C(=O)OC)c1. The first-order valence-corrected chi connectivity index (χ1v) is 8.98. The normalized spacial score (nSPS) is 10.8. The lowest BCUT2D eigenvalue weighted by molar-refractivity contribution is 0.0598. The van der Waals surface area contributed by atoms with Crippen molar-refractivity contribution in [3.63, 3.8) is 0 Å². The van der Waals surface area contributed by atoms with E-state index in [1.165, 1.54) is 18.2 Å². The summed E-state index contributed by atoms with van der Waals surface area (Å²) in [5.41, 5.74) is -0.0992. The summed E-state index contributed by atoms with van der Waals surface area (Å²) >= 11 is 3.21. The van der Waals surface area contributed by atoms with E-state index in [9.17, 15) is 18.0 Å². The van der Waals surface area contributed by atoms with Gasteiger partial charge in [-0.05, 0) is 42.5 Å². The smallest absolute Gasteiger partial charge is 0.339 e. The van der Waals surface area contributed by atoms with Crippen molar-refractivity contribution in [3.05, 3.63) is 58.1 Å². The summed E-state index contributed by atoms with van der Waals surface area (Å²) in [7, 11) is -1.84. The molecule has 0 fully saturated rings. The van der Waals surface area contributed by atoms with Crippen LogP contribution in [0.2, 0.25) is 0 Å². The average Bonchev–Trinajstić information content (AvgIpc) is 2.59. The lowest BCUT2D eigenvalue weighted by Gasteiger charge is -2.10. The molecular formula is C16H13BrO7S. The number of esters is 2. The van der Waals surface area contributed by atoms with Crippen LogP contribution in [-0.2, 0) is 19.6 Å². The third-order valence-electron chi connectivity index (χ3n) is 3.06. The summed E-state index contributed by atoms with van der Waals surface area (Å²) in [6.07, 6.45) is 0. The molecule has 0 aliphatic heterocycles. The molecule has 0 N–H and O–H groups in total. The number of hydrogen-bond donors (Lipinski definition) is 0. The van der Waals surface area contributed by atoms with E-state index in [2.05, 4.69) is 25.4 Å². The lowest BCUT2D eigenvalue weighted by Crippen LogP contribution is -2.12. The minimum atomic E-state index is -4.15. The van der Waals surface area contributed by atoms with Gasteiger partial charge in [-0.2, -0.15) is 8.42 Å². The number of hydrogen-bond acceptors (Lipinski definition) is 7. The van der Waals surface area contributed by atoms with Crippen LogP contribution in [0.1, 0.15) is 20.7 Å². The van der Waals surface area contributed by atoms with E-state index in [0.29, 0.717) is 4.47 Å². The number of ether oxygens (including phenoxy) is 2. The van der Waals surface area contributed by atoms with E-state index in [1.807, 2.05) is 0 Å². The molecule has 0 atom stereocenters. The van der Waals surface area contributed by atoms with Crippen molar-refractivity contribution in [2.75, 3.05) is 14.2 Å². The van der Waals surface area contributed by atoms with E-state index in [4.69, 9.17) is 4.18 Å². The molecule has 132 valence electrons. The van der Waals surface area contributed by atoms with Gasteiger partial charge in [0.1, 0.15) is 10.6 Å². The summed E-state index contributed by atoms with van der Waals surface area (Å²) in [5, 5.41) is 0. The lowest BCUT2D eigenvalue weighted by atomic mass is 10.1. The van der Waals surface area contributed by atoms with Crippen molar-refractivity contribution in [2.45, 2.75) is 4.90 Å². The molecule has 0 saturated heterocycles. The fraction of sp³-hybridized carbons (Fsp3) is 0.125. The Hall–Kier alpha value is -2.39. The minimum Gasteiger partial charge on any atom is -0.465 e. The highest BCUT2D eigenvalue weighted by atomic mass is 79.9. The van der Waals surface area contributed by atoms with Gasteiger partial charge >= 0.3 is 22.1 Å². The summed E-state index contributed by atoms with van der Waals surface area (Å²) in [4.78, 5) is 23.4. The molecule has 2 aromatic rings. The second kappa shape index (κ2) is 7.66. The fourth-order valence-corrected chi connectivity index (χ4v) is 3.07. The summed E-state index contributed by atoms with van der Waals surface area (Å²) in [5.74, 6) is -1.72. The second-order valence-corrected chi connectivity index (χ2v) is 7.18. The van der Waals surface area contributed by atoms with Crippen LogP contribution in [0.4, 0.5) is 0 Å². The maximum atomic E-state index is 12.3. The Morgan fingerprint density at radius 2 is 1.36 bits per heavy atom. The van der Waals surface area contributed by atoms with Crippen LogP contribution >= 0.6 is 15.9 Å². The van der Waals surface area contributed by atoms with Crippen LogP contribution in [0.15, 0.2) is 51.8 Å². The molecule has 0 radical (unpaired) electrons. The van der Waals surface area contributed by atoms with Gasteiger partial charge in [0.2, 0.25) is 0 Å². The van der Waals surface area contributed by atoms with Crippen molar-refractivity contribution in [3.8, 4) is 5.75 Å². The maximum Gasteiger partial charge on any atom is 0.339 e. The van der Waals surface area contributed by atoms with Gasteiger partial charge in [-0.3, -0.25) is 0 Å². The van der Waals surface area contributed by atoms with Gasteiger partial charge in [0.15, 0.2) is 0 Å². The number of methoxy groups -OCH3 is 2. The molecule has 2 aromatic carbocycles. The number of carbonyl (C=O) groups is 2. The molecule has 0 aliphatic rings. The Kier molecular flexibility index (Phi) is 5.81. The van der Waals surface area contributed by atoms with Crippen molar-refractivity contribution in [1.82, 2.24) is 0 Å². The quantitative estimate of drug-likeness (QED) is 0.533. The van der Waals surface area contributed by atoms with Crippen LogP contribution < -0.4 is 4.18 Å². The first kappa shape index (κ1) is 18.9. The van der Waals surface area contributed by atoms with Gasteiger partial charge in [0.25, 0.3) is 0 Å². The molecule has 0 aliphatic carbocycles. The molecule has 0 saturated carbocycles. The molecule has 25 heavy (non-hydrogen) atoms. The van der Waals surface area contributed by atoms with Crippen LogP contribution in [-0.4, -0.2) is 34.6 Å². The first-order valence-electron chi connectivity index (χ1n) is 6.78. The molecule has 0 bridgehead atoms. The molecule has 9 heteroatoms. The molecular weight excluding hydrogens is 416 g/mol. The molecule has 0 aromatic heterocycles. The number of benzene rings is 2. The second-order valence-electron chi connectivity index (χ2n) is 4.72. The Labute approximate surface area is 152 Å². The highest BCUT2D eigenvalue weighted by molar-refractivity contribution is 9.10. The molecule has 7 nitrogen and oxygen atoms in total. The largest absolute Gasteiger partial charge is 0.465 e. The monoisotopic (exact) mass is 428 g/mol. The number of halogens is 1. The molecule has 2 rings (SSSR count). The van der Waals surface area contributed by atoms with Crippen LogP contribution in [0.25, 0.3) is 0 Å². The van der Waals surface area contributed by atoms with Crippen molar-refractivity contribution < 1.29 is 31.7 Å². The van der Waals surface area contributed by atoms with Crippen molar-refractivity contribution in [1.29, 1.82) is 0 Å². The molecule has 0 amide bonds. The third-order valence-corrected chi connectivity index (χ3v) is 4.85. The average molecular weight is 429 g/mol. The Balaban J connectivity index is 2.45. The predicted octanol–water partition coefficient (Wildman–Crippen LogP) is 2.79. The summed E-state index contributed by atoms with van der Waals surface area (Å²) < 4.78 is 39.6. The van der Waals surface area contributed by atoms with Crippen molar-refractivity contribution in [2.24, 2.45) is 0 Å². The predicted molar refractivity (Wildman–Crippen MR) is 91.1 cm³/mol. The Bertz CT molecular complexity index is 870. The van der Waals surface area contributed by atoms with Crippen LogP contribution in [0.5, 0.6) is 5.75 Å². The molecule has 0 heterocycles. The summed E-state index contributed by atoms with van der Waals surface area (Å²) in [6.45, 7) is 0. The van der Waals surface area contributed by atoms with E-state index in [1.54, 1.807) is 12.1 Å². The molecule has 0 unspecified atom stereocenters. The standard InChI is InChI=1S/C16H13BrO7S/c1-22-15(18)10-7-11(16(19)23-2)9-13(8-10)24-25(20,21)14-5-3-12(17)4-6-14/h3-9H,1-2H3. The third kappa shape index (κ3) is 4.58. The highest BCUT2D eigenvalue weighted by Crippen LogP contribution is 2.24. The van der Waals surface area contributed by atoms with Gasteiger partial charge in [-0.15, -0.1) is 0 Å². The zero-order valence-corrected chi connectivity index (χ0v) is 15.6. The van der Waals surface area contributed by atoms with Crippen LogP contribution in [0.3, 0.4) is 0 Å². The number of rotatable bonds is 5. The zero-order valence-electron chi connectivity index (χ0n) is 13.2. The van der Waals surface area contributed by atoms with E-state index < -0.39 is 22.1 Å². The fourth-order valence-electron chi connectivity index (χ4n) is 1.89. The van der Waals surface area contributed by atoms with Gasteiger partial charge in [-0.1, -0.05) is 15.9 Å². The van der Waals surface area contributed by atoms with E-state index >= 15 is 0 Å². The number of carbonyl (C=O) groups excluding carboxylic acids is 2. The highest BCUT2D eigenvalue weighted by Gasteiger charge is 2.20. The maximum absolute atomic E-state index is 12.3. The summed E-state index contributed by atoms with van der Waals surface area (Å²) in [6, 6.07) is 9.33. The Morgan fingerprint density at radius 1 is 0.880 bits per heavy atom. The Morgan fingerprint density at radius 3 is 1.80 bits per heavy atom. The van der Waals surface area contributed by atoms with Gasteiger partial charge < -0.3 is 13.7 Å². The van der Waals surface area contributed by atoms with E-state index in [0.717, 1.165) is 26.4 Å². The van der Waals surface area contributed by atoms with Gasteiger partial charge in [0.05, 0.1) is 25.3 Å². The minimum absolute atomic E-state index is 0.0496. The van der Waals surface area contributed by atoms with Gasteiger partial charge in [-0.25, -0.2) is 9.59 Å². The van der Waals surface area contributed by atoms with Gasteiger partial charge in [0, 0.05) is 4.47 Å². The first-order chi connectivity index (χ1) is 11.8. The topological polar surface area (TPSA) is 96.0 Å². The van der Waals surface area contributed by atoms with Crippen molar-refractivity contribution >= 4 is 38.0 Å².